The molecule has 0 atom stereocenters. The summed E-state index contributed by atoms with van der Waals surface area (Å²) in [6, 6.07) is 6.03. The predicted molar refractivity (Wildman–Crippen MR) is 69.2 cm³/mol. The van der Waals surface area contributed by atoms with Crippen LogP contribution in [0.5, 0.6) is 5.75 Å². The van der Waals surface area contributed by atoms with E-state index in [0.717, 1.165) is 27.0 Å². The van der Waals surface area contributed by atoms with Crippen LogP contribution in [-0.4, -0.2) is 7.11 Å². The molecular weight excluding hydrogens is 268 g/mol. The molecule has 0 unspecified atom stereocenters. The molecule has 0 saturated carbocycles. The first-order chi connectivity index (χ1) is 7.41. The Morgan fingerprint density at radius 3 is 2.44 bits per heavy atom. The van der Waals surface area contributed by atoms with Crippen molar-refractivity contribution in [2.24, 2.45) is 0 Å². The molecule has 0 N–H and O–H groups in total. The molecule has 1 aromatic heterocycles. The van der Waals surface area contributed by atoms with Gasteiger partial charge >= 0.3 is 0 Å². The zero-order valence-electron chi connectivity index (χ0n) is 9.93. The van der Waals surface area contributed by atoms with E-state index in [0.29, 0.717) is 0 Å². The first kappa shape index (κ1) is 11.5. The van der Waals surface area contributed by atoms with Crippen LogP contribution in [0.25, 0.3) is 11.0 Å². The molecule has 2 aromatic rings. The third-order valence-corrected chi connectivity index (χ3v) is 2.96. The van der Waals surface area contributed by atoms with Crippen molar-refractivity contribution in [1.82, 2.24) is 0 Å². The van der Waals surface area contributed by atoms with Gasteiger partial charge in [0.25, 0.3) is 0 Å². The van der Waals surface area contributed by atoms with Gasteiger partial charge in [0.1, 0.15) is 5.76 Å². The summed E-state index contributed by atoms with van der Waals surface area (Å²) in [5.74, 6) is 1.73. The van der Waals surface area contributed by atoms with Gasteiger partial charge in [-0.3, -0.25) is 0 Å². The number of methoxy groups -OCH3 is 1. The maximum absolute atomic E-state index is 5.86. The number of hydrogen-bond donors (Lipinski definition) is 0. The summed E-state index contributed by atoms with van der Waals surface area (Å²) in [5, 5.41) is 1.07. The third kappa shape index (κ3) is 1.96. The highest BCUT2D eigenvalue weighted by molar-refractivity contribution is 9.10. The lowest BCUT2D eigenvalue weighted by Gasteiger charge is -2.13. The fourth-order valence-corrected chi connectivity index (χ4v) is 2.06. The minimum Gasteiger partial charge on any atom is -0.493 e. The van der Waals surface area contributed by atoms with Gasteiger partial charge in [0.15, 0.2) is 11.3 Å². The van der Waals surface area contributed by atoms with E-state index < -0.39 is 0 Å². The Bertz CT molecular complexity index is 520. The van der Waals surface area contributed by atoms with Gasteiger partial charge in [-0.2, -0.15) is 0 Å². The van der Waals surface area contributed by atoms with Crippen molar-refractivity contribution in [1.29, 1.82) is 0 Å². The highest BCUT2D eigenvalue weighted by Gasteiger charge is 2.20. The highest BCUT2D eigenvalue weighted by Crippen LogP contribution is 2.36. The first-order valence-corrected chi connectivity index (χ1v) is 5.98. The zero-order chi connectivity index (χ0) is 11.9. The monoisotopic (exact) mass is 282 g/mol. The van der Waals surface area contributed by atoms with Crippen LogP contribution in [0.2, 0.25) is 0 Å². The van der Waals surface area contributed by atoms with Gasteiger partial charge in [-0.15, -0.1) is 0 Å². The van der Waals surface area contributed by atoms with E-state index >= 15 is 0 Å². The molecule has 0 fully saturated rings. The molecule has 0 saturated heterocycles. The lowest BCUT2D eigenvalue weighted by molar-refractivity contribution is 0.393. The molecule has 1 aromatic carbocycles. The summed E-state index contributed by atoms with van der Waals surface area (Å²) < 4.78 is 12.2. The average Bonchev–Trinajstić information content (AvgIpc) is 2.59. The summed E-state index contributed by atoms with van der Waals surface area (Å²) >= 11 is 3.46. The fraction of sp³-hybridized carbons (Fsp3) is 0.385. The quantitative estimate of drug-likeness (QED) is 0.768. The van der Waals surface area contributed by atoms with Crippen molar-refractivity contribution in [3.05, 3.63) is 28.4 Å². The van der Waals surface area contributed by atoms with E-state index in [2.05, 4.69) is 42.8 Å². The Kier molecular flexibility index (Phi) is 2.74. The molecule has 0 amide bonds. The van der Waals surface area contributed by atoms with Crippen LogP contribution in [0.1, 0.15) is 26.5 Å². The van der Waals surface area contributed by atoms with Crippen LogP contribution < -0.4 is 4.74 Å². The molecule has 0 radical (unpaired) electrons. The van der Waals surface area contributed by atoms with Gasteiger partial charge in [0.05, 0.1) is 7.11 Å². The smallest absolute Gasteiger partial charge is 0.176 e. The molecule has 0 aliphatic rings. The number of hydrogen-bond acceptors (Lipinski definition) is 2. The van der Waals surface area contributed by atoms with Crippen molar-refractivity contribution in [2.45, 2.75) is 26.2 Å². The SMILES string of the molecule is COc1cc(Br)cc2cc(C(C)(C)C)oc12. The molecule has 2 rings (SSSR count). The Balaban J connectivity index is 2.70. The van der Waals surface area contributed by atoms with E-state index in [1.54, 1.807) is 7.11 Å². The molecule has 16 heavy (non-hydrogen) atoms. The molecule has 0 aliphatic heterocycles. The van der Waals surface area contributed by atoms with Crippen LogP contribution in [-0.2, 0) is 5.41 Å². The maximum Gasteiger partial charge on any atom is 0.176 e. The van der Waals surface area contributed by atoms with Crippen LogP contribution in [0, 0.1) is 0 Å². The van der Waals surface area contributed by atoms with Crippen molar-refractivity contribution < 1.29 is 9.15 Å². The number of ether oxygens (including phenoxy) is 1. The third-order valence-electron chi connectivity index (χ3n) is 2.51. The van der Waals surface area contributed by atoms with Crippen LogP contribution >= 0.6 is 15.9 Å². The molecule has 0 aliphatic carbocycles. The van der Waals surface area contributed by atoms with Crippen LogP contribution in [0.4, 0.5) is 0 Å². The maximum atomic E-state index is 5.86. The number of fused-ring (bicyclic) bond motifs is 1. The standard InChI is InChI=1S/C13H15BrO2/c1-13(2,3)11-6-8-5-9(14)7-10(15-4)12(8)16-11/h5-7H,1-4H3. The van der Waals surface area contributed by atoms with Gasteiger partial charge in [0, 0.05) is 15.3 Å². The van der Waals surface area contributed by atoms with E-state index in [4.69, 9.17) is 9.15 Å². The van der Waals surface area contributed by atoms with Crippen molar-refractivity contribution in [3.8, 4) is 5.75 Å². The van der Waals surface area contributed by atoms with Crippen LogP contribution in [0.3, 0.4) is 0 Å². The summed E-state index contributed by atoms with van der Waals surface area (Å²) in [4.78, 5) is 0. The lowest BCUT2D eigenvalue weighted by atomic mass is 9.93. The van der Waals surface area contributed by atoms with Gasteiger partial charge in [-0.1, -0.05) is 36.7 Å². The molecule has 2 nitrogen and oxygen atoms in total. The van der Waals surface area contributed by atoms with Crippen molar-refractivity contribution in [3.63, 3.8) is 0 Å². The van der Waals surface area contributed by atoms with Crippen molar-refractivity contribution >= 4 is 26.9 Å². The molecule has 1 heterocycles. The molecule has 3 heteroatoms. The van der Waals surface area contributed by atoms with Gasteiger partial charge in [0.2, 0.25) is 0 Å². The van der Waals surface area contributed by atoms with E-state index in [1.165, 1.54) is 0 Å². The molecule has 86 valence electrons. The number of halogens is 1. The van der Waals surface area contributed by atoms with Gasteiger partial charge in [-0.25, -0.2) is 0 Å². The van der Waals surface area contributed by atoms with Crippen molar-refractivity contribution in [2.75, 3.05) is 7.11 Å². The molecular formula is C13H15BrO2. The minimum absolute atomic E-state index is 0.0104. The number of rotatable bonds is 1. The van der Waals surface area contributed by atoms with Gasteiger partial charge < -0.3 is 9.15 Å². The van der Waals surface area contributed by atoms with Crippen LogP contribution in [0.15, 0.2) is 27.1 Å². The Hall–Kier alpha value is -0.960. The largest absolute Gasteiger partial charge is 0.493 e. The topological polar surface area (TPSA) is 22.4 Å². The summed E-state index contributed by atoms with van der Waals surface area (Å²) in [6.45, 7) is 6.39. The minimum atomic E-state index is 0.0104. The Morgan fingerprint density at radius 2 is 1.88 bits per heavy atom. The second kappa shape index (κ2) is 3.81. The van der Waals surface area contributed by atoms with Gasteiger partial charge in [-0.05, 0) is 18.2 Å². The number of benzene rings is 1. The van der Waals surface area contributed by atoms with E-state index in [9.17, 15) is 0 Å². The lowest BCUT2D eigenvalue weighted by Crippen LogP contribution is -2.08. The predicted octanol–water partition coefficient (Wildman–Crippen LogP) is 4.50. The summed E-state index contributed by atoms with van der Waals surface area (Å²) in [5.41, 5.74) is 0.826. The zero-order valence-corrected chi connectivity index (χ0v) is 11.5. The average molecular weight is 283 g/mol. The van der Waals surface area contributed by atoms with E-state index in [1.807, 2.05) is 12.1 Å². The summed E-state index contributed by atoms with van der Waals surface area (Å²) in [7, 11) is 1.65. The Labute approximate surface area is 104 Å². The van der Waals surface area contributed by atoms with E-state index in [-0.39, 0.29) is 5.41 Å². The normalized spacial score (nSPS) is 12.1. The first-order valence-electron chi connectivity index (χ1n) is 5.19. The fourth-order valence-electron chi connectivity index (χ4n) is 1.61. The Morgan fingerprint density at radius 1 is 1.19 bits per heavy atom. The second-order valence-electron chi connectivity index (χ2n) is 4.89. The summed E-state index contributed by atoms with van der Waals surface area (Å²) in [6.07, 6.45) is 0. The number of furan rings is 1. The second-order valence-corrected chi connectivity index (χ2v) is 5.80. The molecule has 0 bridgehead atoms. The highest BCUT2D eigenvalue weighted by atomic mass is 79.9. The molecule has 0 spiro atoms.